The van der Waals surface area contributed by atoms with Gasteiger partial charge in [-0.25, -0.2) is 0 Å². The molecule has 2 nitrogen and oxygen atoms in total. The Kier molecular flexibility index (Phi) is 4.52. The van der Waals surface area contributed by atoms with E-state index in [-0.39, 0.29) is 4.75 Å². The van der Waals surface area contributed by atoms with Crippen LogP contribution in [0, 0.1) is 11.3 Å². The summed E-state index contributed by atoms with van der Waals surface area (Å²) >= 11 is 7.73. The molecule has 0 saturated heterocycles. The summed E-state index contributed by atoms with van der Waals surface area (Å²) in [5.41, 5.74) is 1.32. The molecule has 0 radical (unpaired) electrons. The normalized spacial score (nSPS) is 10.9. The molecule has 0 saturated carbocycles. The van der Waals surface area contributed by atoms with Gasteiger partial charge in [0.05, 0.1) is 16.3 Å². The van der Waals surface area contributed by atoms with E-state index in [1.807, 2.05) is 12.1 Å². The summed E-state index contributed by atoms with van der Waals surface area (Å²) < 4.78 is 0.134. The van der Waals surface area contributed by atoms with Crippen LogP contribution in [0.2, 0.25) is 5.02 Å². The second-order valence-electron chi connectivity index (χ2n) is 4.09. The first-order valence-corrected chi connectivity index (χ1v) is 6.58. The van der Waals surface area contributed by atoms with E-state index in [1.54, 1.807) is 17.8 Å². The van der Waals surface area contributed by atoms with Crippen LogP contribution in [-0.4, -0.2) is 17.5 Å². The van der Waals surface area contributed by atoms with Crippen LogP contribution in [-0.2, 0) is 0 Å². The van der Waals surface area contributed by atoms with E-state index in [0.717, 1.165) is 12.2 Å². The lowest BCUT2D eigenvalue weighted by atomic mass is 10.1. The van der Waals surface area contributed by atoms with Crippen LogP contribution in [0.3, 0.4) is 0 Å². The smallest absolute Gasteiger partial charge is 0.103 e. The number of benzene rings is 1. The van der Waals surface area contributed by atoms with Gasteiger partial charge in [0.15, 0.2) is 0 Å². The Morgan fingerprint density at radius 3 is 2.75 bits per heavy atom. The van der Waals surface area contributed by atoms with Gasteiger partial charge in [0.2, 0.25) is 0 Å². The lowest BCUT2D eigenvalue weighted by molar-refractivity contribution is 0.752. The lowest BCUT2D eigenvalue weighted by Gasteiger charge is -2.23. The molecule has 0 fully saturated rings. The number of halogens is 1. The molecule has 0 aliphatic heterocycles. The first-order chi connectivity index (χ1) is 7.50. The maximum absolute atomic E-state index is 9.01. The number of nitriles is 1. The molecule has 0 aromatic heterocycles. The number of hydrogen-bond donors (Lipinski definition) is 1. The van der Waals surface area contributed by atoms with Crippen molar-refractivity contribution in [3.8, 4) is 6.07 Å². The van der Waals surface area contributed by atoms with Gasteiger partial charge in [-0.15, -0.1) is 0 Å². The fourth-order valence-electron chi connectivity index (χ4n) is 1.17. The predicted octanol–water partition coefficient (Wildman–Crippen LogP) is 3.77. The van der Waals surface area contributed by atoms with Gasteiger partial charge in [0.1, 0.15) is 6.07 Å². The van der Waals surface area contributed by atoms with Crippen molar-refractivity contribution in [2.75, 3.05) is 18.1 Å². The van der Waals surface area contributed by atoms with Gasteiger partial charge in [-0.05, 0) is 32.2 Å². The van der Waals surface area contributed by atoms with Crippen LogP contribution in [0.25, 0.3) is 0 Å². The summed E-state index contributed by atoms with van der Waals surface area (Å²) in [6.07, 6.45) is 2.07. The first-order valence-electron chi connectivity index (χ1n) is 4.98. The highest BCUT2D eigenvalue weighted by atomic mass is 35.5. The summed E-state index contributed by atoms with van der Waals surface area (Å²) in [5.74, 6) is 0. The zero-order valence-electron chi connectivity index (χ0n) is 9.67. The first kappa shape index (κ1) is 13.2. The number of nitrogens with one attached hydrogen (secondary N) is 1. The van der Waals surface area contributed by atoms with Gasteiger partial charge in [-0.1, -0.05) is 17.7 Å². The standard InChI is InChI=1S/C12H15ClN2S/c1-12(2,16-3)8-15-11-6-4-5-10(13)9(11)7-14/h4-6,15H,8H2,1-3H3. The quantitative estimate of drug-likeness (QED) is 0.889. The Morgan fingerprint density at radius 1 is 1.50 bits per heavy atom. The molecule has 0 amide bonds. The molecule has 0 unspecified atom stereocenters. The van der Waals surface area contributed by atoms with Crippen molar-refractivity contribution in [1.82, 2.24) is 0 Å². The van der Waals surface area contributed by atoms with Crippen LogP contribution < -0.4 is 5.32 Å². The second-order valence-corrected chi connectivity index (χ2v) is 6.01. The van der Waals surface area contributed by atoms with E-state index >= 15 is 0 Å². The molecule has 0 heterocycles. The van der Waals surface area contributed by atoms with Crippen molar-refractivity contribution in [2.45, 2.75) is 18.6 Å². The molecule has 16 heavy (non-hydrogen) atoms. The highest BCUT2D eigenvalue weighted by Crippen LogP contribution is 2.26. The van der Waals surface area contributed by atoms with Crippen molar-refractivity contribution in [3.05, 3.63) is 28.8 Å². The van der Waals surface area contributed by atoms with Crippen molar-refractivity contribution in [1.29, 1.82) is 5.26 Å². The zero-order valence-corrected chi connectivity index (χ0v) is 11.2. The van der Waals surface area contributed by atoms with Crippen LogP contribution >= 0.6 is 23.4 Å². The maximum atomic E-state index is 9.01. The molecule has 4 heteroatoms. The monoisotopic (exact) mass is 254 g/mol. The average molecular weight is 255 g/mol. The highest BCUT2D eigenvalue weighted by molar-refractivity contribution is 7.99. The minimum atomic E-state index is 0.134. The third kappa shape index (κ3) is 3.33. The Morgan fingerprint density at radius 2 is 2.19 bits per heavy atom. The minimum Gasteiger partial charge on any atom is -0.383 e. The molecule has 1 rings (SSSR count). The Balaban J connectivity index is 2.83. The van der Waals surface area contributed by atoms with Crippen molar-refractivity contribution >= 4 is 29.1 Å². The predicted molar refractivity (Wildman–Crippen MR) is 72.3 cm³/mol. The third-order valence-corrected chi connectivity index (χ3v) is 3.95. The molecule has 0 aliphatic rings. The van der Waals surface area contributed by atoms with Crippen molar-refractivity contribution in [3.63, 3.8) is 0 Å². The van der Waals surface area contributed by atoms with Gasteiger partial charge in [-0.2, -0.15) is 17.0 Å². The molecule has 1 N–H and O–H groups in total. The lowest BCUT2D eigenvalue weighted by Crippen LogP contribution is -2.26. The van der Waals surface area contributed by atoms with Crippen LogP contribution in [0.4, 0.5) is 5.69 Å². The molecule has 1 aromatic rings. The number of thioether (sulfide) groups is 1. The Labute approximate surface area is 106 Å². The Bertz CT molecular complexity index is 410. The largest absolute Gasteiger partial charge is 0.383 e. The topological polar surface area (TPSA) is 35.8 Å². The summed E-state index contributed by atoms with van der Waals surface area (Å²) in [5, 5.41) is 12.8. The molecular formula is C12H15ClN2S. The molecule has 86 valence electrons. The zero-order chi connectivity index (χ0) is 12.2. The molecule has 0 aliphatic carbocycles. The minimum absolute atomic E-state index is 0.134. The van der Waals surface area contributed by atoms with Gasteiger partial charge in [-0.3, -0.25) is 0 Å². The summed E-state index contributed by atoms with van der Waals surface area (Å²) in [4.78, 5) is 0. The number of anilines is 1. The average Bonchev–Trinajstić information content (AvgIpc) is 2.26. The Hall–Kier alpha value is -0.850. The van der Waals surface area contributed by atoms with E-state index < -0.39 is 0 Å². The van der Waals surface area contributed by atoms with Crippen LogP contribution in [0.1, 0.15) is 19.4 Å². The summed E-state index contributed by atoms with van der Waals surface area (Å²) in [7, 11) is 0. The molecule has 0 bridgehead atoms. The van der Waals surface area contributed by atoms with Crippen molar-refractivity contribution < 1.29 is 0 Å². The molecule has 1 aromatic carbocycles. The summed E-state index contributed by atoms with van der Waals surface area (Å²) in [6.45, 7) is 5.10. The number of hydrogen-bond acceptors (Lipinski definition) is 3. The molecule has 0 atom stereocenters. The van der Waals surface area contributed by atoms with E-state index in [2.05, 4.69) is 31.5 Å². The fourth-order valence-corrected chi connectivity index (χ4v) is 1.60. The molecule has 0 spiro atoms. The SMILES string of the molecule is CSC(C)(C)CNc1cccc(Cl)c1C#N. The van der Waals surface area contributed by atoms with E-state index in [1.165, 1.54) is 0 Å². The van der Waals surface area contributed by atoms with Gasteiger partial charge in [0.25, 0.3) is 0 Å². The highest BCUT2D eigenvalue weighted by Gasteiger charge is 2.16. The van der Waals surface area contributed by atoms with Crippen molar-refractivity contribution in [2.24, 2.45) is 0 Å². The maximum Gasteiger partial charge on any atom is 0.103 e. The van der Waals surface area contributed by atoms with Gasteiger partial charge in [0, 0.05) is 11.3 Å². The molecular weight excluding hydrogens is 240 g/mol. The fraction of sp³-hybridized carbons (Fsp3) is 0.417. The van der Waals surface area contributed by atoms with E-state index in [0.29, 0.717) is 10.6 Å². The van der Waals surface area contributed by atoms with Gasteiger partial charge >= 0.3 is 0 Å². The van der Waals surface area contributed by atoms with Crippen LogP contribution in [0.5, 0.6) is 0 Å². The van der Waals surface area contributed by atoms with Gasteiger partial charge < -0.3 is 5.32 Å². The summed E-state index contributed by atoms with van der Waals surface area (Å²) in [6, 6.07) is 7.56. The number of nitrogens with zero attached hydrogens (tertiary/aromatic N) is 1. The van der Waals surface area contributed by atoms with E-state index in [9.17, 15) is 0 Å². The second kappa shape index (κ2) is 5.47. The van der Waals surface area contributed by atoms with E-state index in [4.69, 9.17) is 16.9 Å². The van der Waals surface area contributed by atoms with Crippen LogP contribution in [0.15, 0.2) is 18.2 Å². The third-order valence-electron chi connectivity index (χ3n) is 2.38. The number of rotatable bonds is 4.